The maximum atomic E-state index is 4.93. The Bertz CT molecular complexity index is 537. The third kappa shape index (κ3) is 4.31. The molecule has 3 heteroatoms. The number of fused-ring (bicyclic) bond motifs is 1. The van der Waals surface area contributed by atoms with Gasteiger partial charge < -0.3 is 0 Å². The van der Waals surface area contributed by atoms with Crippen LogP contribution in [0.25, 0.3) is 6.08 Å². The van der Waals surface area contributed by atoms with Gasteiger partial charge in [-0.25, -0.2) is 0 Å². The Morgan fingerprint density at radius 2 is 1.53 bits per heavy atom. The molecule has 0 heterocycles. The van der Waals surface area contributed by atoms with Crippen molar-refractivity contribution >= 4 is 23.1 Å². The number of allylic oxidation sites excluding steroid dienone is 1. The van der Waals surface area contributed by atoms with Crippen molar-refractivity contribution < 1.29 is 20.8 Å². The summed E-state index contributed by atoms with van der Waals surface area (Å²) >= 11 is -0.826. The molecule has 1 aliphatic rings. The molecular formula is C16H14Cl2Zr. The van der Waals surface area contributed by atoms with E-state index in [1.54, 1.807) is 0 Å². The quantitative estimate of drug-likeness (QED) is 0.664. The minimum absolute atomic E-state index is 0.554. The molecule has 0 bridgehead atoms. The third-order valence-corrected chi connectivity index (χ3v) is 3.20. The Morgan fingerprint density at radius 3 is 2.26 bits per heavy atom. The van der Waals surface area contributed by atoms with Crippen molar-refractivity contribution in [2.45, 2.75) is 12.3 Å². The molecule has 0 N–H and O–H groups in total. The molecule has 2 aromatic rings. The van der Waals surface area contributed by atoms with Gasteiger partial charge in [0.05, 0.1) is 0 Å². The van der Waals surface area contributed by atoms with Gasteiger partial charge in [0.15, 0.2) is 0 Å². The van der Waals surface area contributed by atoms with Crippen LogP contribution in [0.1, 0.15) is 22.6 Å². The number of hydrogen-bond acceptors (Lipinski definition) is 0. The van der Waals surface area contributed by atoms with Crippen LogP contribution in [-0.4, -0.2) is 0 Å². The number of benzene rings is 2. The number of hydrogen-bond donors (Lipinski definition) is 0. The first-order chi connectivity index (χ1) is 9.35. The van der Waals surface area contributed by atoms with E-state index in [0.29, 0.717) is 5.92 Å². The van der Waals surface area contributed by atoms with Crippen LogP contribution in [0.15, 0.2) is 60.7 Å². The normalized spacial score (nSPS) is 15.4. The van der Waals surface area contributed by atoms with Crippen LogP contribution in [-0.2, 0) is 27.3 Å². The van der Waals surface area contributed by atoms with E-state index in [9.17, 15) is 0 Å². The first-order valence-corrected chi connectivity index (χ1v) is 12.5. The van der Waals surface area contributed by atoms with Crippen molar-refractivity contribution in [3.63, 3.8) is 0 Å². The molecule has 19 heavy (non-hydrogen) atoms. The Labute approximate surface area is 133 Å². The second kappa shape index (κ2) is 8.05. The van der Waals surface area contributed by atoms with Gasteiger partial charge in [0.1, 0.15) is 0 Å². The monoisotopic (exact) mass is 366 g/mol. The second-order valence-corrected chi connectivity index (χ2v) is 8.09. The molecule has 1 aliphatic carbocycles. The van der Waals surface area contributed by atoms with Gasteiger partial charge in [-0.2, -0.15) is 0 Å². The predicted octanol–water partition coefficient (Wildman–Crippen LogP) is 5.42. The average molecular weight is 368 g/mol. The molecule has 1 unspecified atom stereocenters. The van der Waals surface area contributed by atoms with Crippen molar-refractivity contribution in [2.24, 2.45) is 0 Å². The van der Waals surface area contributed by atoms with Gasteiger partial charge in [-0.15, -0.1) is 0 Å². The first-order valence-electron chi connectivity index (χ1n) is 6.12. The molecule has 96 valence electrons. The molecule has 0 aromatic heterocycles. The molecule has 2 aromatic carbocycles. The SMILES string of the molecule is C1=CC(Cc2ccccc2)c2ccccc21.[Cl][Zr][Cl]. The molecule has 0 amide bonds. The molecule has 0 fully saturated rings. The van der Waals surface area contributed by atoms with Crippen LogP contribution in [0.3, 0.4) is 0 Å². The zero-order valence-corrected chi connectivity index (χ0v) is 14.4. The van der Waals surface area contributed by atoms with E-state index in [0.717, 1.165) is 6.42 Å². The summed E-state index contributed by atoms with van der Waals surface area (Å²) in [7, 11) is 9.87. The van der Waals surface area contributed by atoms with Gasteiger partial charge in [0.2, 0.25) is 0 Å². The third-order valence-electron chi connectivity index (χ3n) is 3.20. The van der Waals surface area contributed by atoms with Crippen LogP contribution in [0.5, 0.6) is 0 Å². The number of halogens is 2. The summed E-state index contributed by atoms with van der Waals surface area (Å²) in [6.45, 7) is 0. The van der Waals surface area contributed by atoms with Gasteiger partial charge in [0, 0.05) is 5.92 Å². The van der Waals surface area contributed by atoms with Crippen molar-refractivity contribution in [1.82, 2.24) is 0 Å². The van der Waals surface area contributed by atoms with Crippen molar-refractivity contribution in [2.75, 3.05) is 0 Å². The first kappa shape index (κ1) is 15.0. The summed E-state index contributed by atoms with van der Waals surface area (Å²) in [6.07, 6.45) is 5.66. The topological polar surface area (TPSA) is 0 Å². The summed E-state index contributed by atoms with van der Waals surface area (Å²) < 4.78 is 0. The Kier molecular flexibility index (Phi) is 6.37. The average Bonchev–Trinajstić information content (AvgIpc) is 2.85. The molecule has 0 radical (unpaired) electrons. The van der Waals surface area contributed by atoms with Crippen molar-refractivity contribution in [3.05, 3.63) is 77.4 Å². The summed E-state index contributed by atoms with van der Waals surface area (Å²) in [6, 6.07) is 19.4. The van der Waals surface area contributed by atoms with Crippen LogP contribution >= 0.6 is 17.0 Å². The Morgan fingerprint density at radius 1 is 0.895 bits per heavy atom. The zero-order valence-electron chi connectivity index (χ0n) is 10.4. The molecule has 1 atom stereocenters. The van der Waals surface area contributed by atoms with Crippen LogP contribution in [0.4, 0.5) is 0 Å². The van der Waals surface area contributed by atoms with E-state index in [1.807, 2.05) is 0 Å². The van der Waals surface area contributed by atoms with E-state index in [2.05, 4.69) is 66.7 Å². The van der Waals surface area contributed by atoms with Gasteiger partial charge in [-0.3, -0.25) is 0 Å². The molecule has 0 saturated carbocycles. The molecule has 3 rings (SSSR count). The van der Waals surface area contributed by atoms with Gasteiger partial charge >= 0.3 is 37.9 Å². The van der Waals surface area contributed by atoms with Crippen molar-refractivity contribution in [1.29, 1.82) is 0 Å². The van der Waals surface area contributed by atoms with Gasteiger partial charge in [0.25, 0.3) is 0 Å². The summed E-state index contributed by atoms with van der Waals surface area (Å²) in [4.78, 5) is 0. The van der Waals surface area contributed by atoms with Crippen LogP contribution in [0.2, 0.25) is 0 Å². The second-order valence-electron chi connectivity index (χ2n) is 4.36. The Balaban J connectivity index is 0.000000408. The van der Waals surface area contributed by atoms with E-state index >= 15 is 0 Å². The molecule has 0 saturated heterocycles. The summed E-state index contributed by atoms with van der Waals surface area (Å²) in [5, 5.41) is 0. The molecule has 0 nitrogen and oxygen atoms in total. The maximum absolute atomic E-state index is 4.93. The van der Waals surface area contributed by atoms with E-state index in [1.165, 1.54) is 16.7 Å². The van der Waals surface area contributed by atoms with E-state index in [-0.39, 0.29) is 0 Å². The summed E-state index contributed by atoms with van der Waals surface area (Å²) in [5.41, 5.74) is 4.25. The fraction of sp³-hybridized carbons (Fsp3) is 0.125. The van der Waals surface area contributed by atoms with Crippen molar-refractivity contribution in [3.8, 4) is 0 Å². The molecule has 0 aliphatic heterocycles. The van der Waals surface area contributed by atoms with Crippen LogP contribution < -0.4 is 0 Å². The van der Waals surface area contributed by atoms with E-state index < -0.39 is 20.8 Å². The molecular weight excluding hydrogens is 354 g/mol. The predicted molar refractivity (Wildman–Crippen MR) is 80.1 cm³/mol. The fourth-order valence-electron chi connectivity index (χ4n) is 2.37. The van der Waals surface area contributed by atoms with E-state index in [4.69, 9.17) is 17.0 Å². The minimum atomic E-state index is -0.826. The number of rotatable bonds is 2. The van der Waals surface area contributed by atoms with Gasteiger partial charge in [-0.1, -0.05) is 66.7 Å². The van der Waals surface area contributed by atoms with Crippen LogP contribution in [0, 0.1) is 0 Å². The van der Waals surface area contributed by atoms with Gasteiger partial charge in [-0.05, 0) is 23.1 Å². The standard InChI is InChI=1S/C16H14.2ClH.Zr/c1-2-6-13(7-3-1)12-15-11-10-14-8-4-5-9-16(14)15;;;/h1-11,15H,12H2;2*1H;/q;;;+2/p-2. The Hall–Kier alpha value is -0.357. The zero-order chi connectivity index (χ0) is 13.5. The summed E-state index contributed by atoms with van der Waals surface area (Å²) in [5.74, 6) is 0.554. The molecule has 0 spiro atoms. The fourth-order valence-corrected chi connectivity index (χ4v) is 2.37.